The molecule has 0 saturated carbocycles. The Morgan fingerprint density at radius 2 is 1.10 bits per heavy atom. The van der Waals surface area contributed by atoms with E-state index >= 15 is 4.79 Å². The Balaban J connectivity index is 1.45. The van der Waals surface area contributed by atoms with Crippen LogP contribution in [0.3, 0.4) is 0 Å². The Hall–Kier alpha value is -6.99. The Morgan fingerprint density at radius 3 is 1.53 bits per heavy atom. The third kappa shape index (κ3) is 7.60. The van der Waals surface area contributed by atoms with Crippen LogP contribution in [0, 0.1) is 32.1 Å². The van der Waals surface area contributed by atoms with Crippen molar-refractivity contribution in [2.24, 2.45) is 11.8 Å². The van der Waals surface area contributed by atoms with Crippen LogP contribution in [0.15, 0.2) is 140 Å². The number of aliphatic carboxylic acids is 1. The summed E-state index contributed by atoms with van der Waals surface area (Å²) >= 11 is 0. The molecule has 1 aliphatic rings. The predicted molar refractivity (Wildman–Crippen MR) is 220 cm³/mol. The van der Waals surface area contributed by atoms with E-state index in [0.717, 1.165) is 0 Å². The number of nitro benzene ring substituents is 2. The summed E-state index contributed by atoms with van der Waals surface area (Å²) < 4.78 is 11.6. The van der Waals surface area contributed by atoms with Gasteiger partial charge in [0.05, 0.1) is 0 Å². The van der Waals surface area contributed by atoms with E-state index < -0.39 is 77.3 Å². The monoisotopic (exact) mass is 820 g/mol. The summed E-state index contributed by atoms with van der Waals surface area (Å²) in [5.41, 5.74) is -0.974. The number of para-hydroxylation sites is 2. The fourth-order valence-corrected chi connectivity index (χ4v) is 13.9. The number of likely N-dealkylation sites (tertiary alicyclic amines) is 1. The van der Waals surface area contributed by atoms with Crippen molar-refractivity contribution in [2.75, 3.05) is 6.29 Å². The summed E-state index contributed by atoms with van der Waals surface area (Å²) in [5, 5.41) is 38.0. The van der Waals surface area contributed by atoms with Gasteiger partial charge in [-0.15, -0.1) is 0 Å². The van der Waals surface area contributed by atoms with Crippen LogP contribution in [0.2, 0.25) is 0 Å². The van der Waals surface area contributed by atoms with Crippen molar-refractivity contribution < 1.29 is 43.6 Å². The van der Waals surface area contributed by atoms with Crippen LogP contribution < -0.4 is 21.2 Å². The van der Waals surface area contributed by atoms with Gasteiger partial charge in [-0.25, -0.2) is 0 Å². The van der Waals surface area contributed by atoms with E-state index in [9.17, 15) is 39.7 Å². The third-order valence-corrected chi connectivity index (χ3v) is 17.1. The number of hydrogen-bond donors (Lipinski definition) is 2. The second-order valence-electron chi connectivity index (χ2n) is 14.2. The fourth-order valence-electron chi connectivity index (χ4n) is 8.00. The van der Waals surface area contributed by atoms with Crippen molar-refractivity contribution in [3.63, 3.8) is 0 Å². The van der Waals surface area contributed by atoms with E-state index in [1.807, 2.05) is 0 Å². The molecule has 0 radical (unpaired) electrons. The zero-order valence-electron chi connectivity index (χ0n) is 32.0. The number of carboxylic acid groups (broad SMARTS) is 1. The molecule has 304 valence electrons. The molecule has 0 spiro atoms. The minimum atomic E-state index is -4.87. The number of ether oxygens (including phenoxy) is 2. The van der Waals surface area contributed by atoms with Crippen molar-refractivity contribution in [3.8, 4) is 0 Å². The molecule has 15 nitrogen and oxygen atoms in total. The molecule has 5 aromatic carbocycles. The second kappa shape index (κ2) is 17.2. The number of hydrogen-bond acceptors (Lipinski definition) is 10. The normalized spacial score (nSPS) is 16.6. The number of carbonyl (C=O) groups excluding carboxylic acids is 3. The van der Waals surface area contributed by atoms with Gasteiger partial charge in [-0.1, -0.05) is 6.07 Å². The Bertz CT molecular complexity index is 2280. The van der Waals surface area contributed by atoms with E-state index in [2.05, 4.69) is 5.32 Å². The summed E-state index contributed by atoms with van der Waals surface area (Å²) in [7, 11) is 0. The molecule has 1 fully saturated rings. The Kier molecular flexibility index (Phi) is 12.2. The molecule has 59 heavy (non-hydrogen) atoms. The van der Waals surface area contributed by atoms with E-state index in [1.54, 1.807) is 103 Å². The number of alkyl carbamates (subject to hydrolysis) is 1. The number of nitro groups is 2. The van der Waals surface area contributed by atoms with Crippen LogP contribution >= 0.6 is 6.60 Å². The molecule has 5 aromatic rings. The van der Waals surface area contributed by atoms with E-state index in [0.29, 0.717) is 15.9 Å². The van der Waals surface area contributed by atoms with Gasteiger partial charge >= 0.3 is 323 Å². The molecular formula is C43H41N4O11P. The SMILES string of the molecule is CC(NC(=O)OCc1ccccc1[N+](=O)[O-])C1C(=O)N(CP(C(=O)OCc2ccccc2[N+](=O)[O-])(c2ccccc2)(c2ccccc2)c2ccccc2)C1C(C)C(=O)O. The molecule has 2 amide bonds. The van der Waals surface area contributed by atoms with E-state index in [-0.39, 0.29) is 28.8 Å². The Labute approximate surface area is 338 Å². The molecule has 1 saturated heterocycles. The van der Waals surface area contributed by atoms with Crippen LogP contribution in [0.1, 0.15) is 25.0 Å². The third-order valence-electron chi connectivity index (χ3n) is 11.0. The first-order chi connectivity index (χ1) is 28.3. The quantitative estimate of drug-likeness (QED) is 0.0476. The molecule has 4 atom stereocenters. The fraction of sp³-hybridized carbons (Fsp3) is 0.209. The molecule has 0 aromatic heterocycles. The molecule has 0 aliphatic carbocycles. The van der Waals surface area contributed by atoms with Crippen LogP contribution in [0.5, 0.6) is 0 Å². The van der Waals surface area contributed by atoms with Gasteiger partial charge in [0, 0.05) is 0 Å². The standard InChI is InChI=1S/C43H41N4O11P/c1-29(41(49)50)39-38(30(2)44-42(51)57-26-31-16-12-14-24-36(31)46(53)54)40(48)45(39)28-59(33-18-6-3-7-19-33,34-20-8-4-9-21-34,35-22-10-5-11-23-35)43(52)58-27-32-17-13-15-25-37(32)47(55)56/h3-25,29-30,38-39H,26-28H2,1-2H3,(H,44,51)(H,49,50). The number of β-lactam (4-membered cyclic amide) rings is 1. The van der Waals surface area contributed by atoms with Gasteiger partial charge in [-0.3, -0.25) is 10.1 Å². The number of nitrogens with zero attached hydrogens (tertiary/aromatic N) is 3. The van der Waals surface area contributed by atoms with Crippen LogP contribution in [0.25, 0.3) is 0 Å². The van der Waals surface area contributed by atoms with Gasteiger partial charge in [-0.05, 0) is 0 Å². The molecule has 2 N–H and O–H groups in total. The van der Waals surface area contributed by atoms with Crippen molar-refractivity contribution in [1.82, 2.24) is 10.2 Å². The molecule has 6 rings (SSSR count). The first kappa shape index (κ1) is 41.6. The van der Waals surface area contributed by atoms with Crippen LogP contribution in [-0.4, -0.2) is 61.9 Å². The van der Waals surface area contributed by atoms with Crippen LogP contribution in [0.4, 0.5) is 21.0 Å². The number of nitrogens with one attached hydrogen (secondary N) is 1. The number of carbonyl (C=O) groups is 4. The summed E-state index contributed by atoms with van der Waals surface area (Å²) in [6.45, 7) is -2.83. The molecule has 1 aliphatic heterocycles. The first-order valence-corrected chi connectivity index (χ1v) is 21.0. The van der Waals surface area contributed by atoms with Gasteiger partial charge < -0.3 is 0 Å². The van der Waals surface area contributed by atoms with Gasteiger partial charge in [0.1, 0.15) is 0 Å². The van der Waals surface area contributed by atoms with Crippen molar-refractivity contribution in [3.05, 3.63) is 171 Å². The van der Waals surface area contributed by atoms with Crippen molar-refractivity contribution in [2.45, 2.75) is 39.1 Å². The van der Waals surface area contributed by atoms with Crippen LogP contribution in [-0.2, 0) is 32.3 Å². The summed E-state index contributed by atoms with van der Waals surface area (Å²) in [6.07, 6.45) is -1.34. The number of amides is 2. The average Bonchev–Trinajstić information content (AvgIpc) is 3.25. The average molecular weight is 821 g/mol. The Morgan fingerprint density at radius 1 is 0.695 bits per heavy atom. The second-order valence-corrected chi connectivity index (χ2v) is 19.0. The summed E-state index contributed by atoms with van der Waals surface area (Å²) in [5.74, 6) is -4.11. The zero-order valence-corrected chi connectivity index (χ0v) is 32.9. The number of rotatable bonds is 16. The summed E-state index contributed by atoms with van der Waals surface area (Å²) in [4.78, 5) is 80.0. The van der Waals surface area contributed by atoms with Crippen molar-refractivity contribution in [1.29, 1.82) is 0 Å². The number of carboxylic acids is 1. The van der Waals surface area contributed by atoms with Gasteiger partial charge in [0.25, 0.3) is 0 Å². The van der Waals surface area contributed by atoms with Crippen molar-refractivity contribution >= 4 is 57.6 Å². The van der Waals surface area contributed by atoms with Gasteiger partial charge in [0.15, 0.2) is 0 Å². The minimum absolute atomic E-state index is 0.141. The molecule has 0 bridgehead atoms. The van der Waals surface area contributed by atoms with E-state index in [4.69, 9.17) is 9.47 Å². The number of benzene rings is 5. The maximum atomic E-state index is 15.7. The summed E-state index contributed by atoms with van der Waals surface area (Å²) in [6, 6.07) is 35.9. The molecule has 1 heterocycles. The molecular weight excluding hydrogens is 779 g/mol. The predicted octanol–water partition coefficient (Wildman–Crippen LogP) is 6.49. The zero-order chi connectivity index (χ0) is 42.3. The van der Waals surface area contributed by atoms with Gasteiger partial charge in [-0.2, -0.15) is 0 Å². The van der Waals surface area contributed by atoms with Gasteiger partial charge in [0.2, 0.25) is 0 Å². The molecule has 4 unspecified atom stereocenters. The molecule has 16 heteroatoms. The maximum absolute atomic E-state index is 15.7. The van der Waals surface area contributed by atoms with E-state index in [1.165, 1.54) is 55.1 Å². The topological polar surface area (TPSA) is 209 Å². The first-order valence-electron chi connectivity index (χ1n) is 18.6.